The van der Waals surface area contributed by atoms with Crippen LogP contribution in [0.4, 0.5) is 5.82 Å². The van der Waals surface area contributed by atoms with E-state index >= 15 is 0 Å². The van der Waals surface area contributed by atoms with E-state index in [0.717, 1.165) is 24.2 Å². The van der Waals surface area contributed by atoms with Crippen molar-refractivity contribution in [2.75, 3.05) is 19.1 Å². The van der Waals surface area contributed by atoms with Gasteiger partial charge >= 0.3 is 5.97 Å². The molecule has 1 aromatic carbocycles. The monoisotopic (exact) mass is 335 g/mol. The van der Waals surface area contributed by atoms with Crippen LogP contribution in [0.15, 0.2) is 24.3 Å². The highest BCUT2D eigenvalue weighted by Crippen LogP contribution is 2.53. The number of anilines is 1. The lowest BCUT2D eigenvalue weighted by atomic mass is 10.0. The normalized spacial score (nSPS) is 15.3. The van der Waals surface area contributed by atoms with Gasteiger partial charge in [-0.05, 0) is 30.5 Å². The molecule has 0 atom stereocenters. The molecule has 1 aliphatic rings. The van der Waals surface area contributed by atoms with Gasteiger partial charge in [-0.1, -0.05) is 23.7 Å². The average molecular weight is 336 g/mol. The van der Waals surface area contributed by atoms with Crippen molar-refractivity contribution in [1.29, 1.82) is 0 Å². The molecule has 1 saturated carbocycles. The number of carboxylic acid groups (broad SMARTS) is 1. The molecule has 0 spiro atoms. The molecule has 2 aromatic rings. The maximum Gasteiger partial charge on any atom is 0.358 e. The standard InChI is InChI=1S/C16H18ClN3O3/c1-19(14-12(17)13(15(21)22)18-20(14)2)16(8-9-16)10-4-6-11(23-3)7-5-10/h4-7H,8-9H2,1-3H3,(H,21,22). The van der Waals surface area contributed by atoms with Crippen LogP contribution in [0.2, 0.25) is 5.02 Å². The Bertz CT molecular complexity index is 751. The molecular weight excluding hydrogens is 318 g/mol. The van der Waals surface area contributed by atoms with Gasteiger partial charge in [0.1, 0.15) is 16.6 Å². The van der Waals surface area contributed by atoms with Crippen molar-refractivity contribution in [2.45, 2.75) is 18.4 Å². The smallest absolute Gasteiger partial charge is 0.358 e. The van der Waals surface area contributed by atoms with Crippen molar-refractivity contribution in [3.05, 3.63) is 40.5 Å². The average Bonchev–Trinajstić information content (AvgIpc) is 3.28. The van der Waals surface area contributed by atoms with Crippen LogP contribution >= 0.6 is 11.6 Å². The van der Waals surface area contributed by atoms with Crippen LogP contribution in [0.5, 0.6) is 5.75 Å². The van der Waals surface area contributed by atoms with Crippen LogP contribution in [0, 0.1) is 0 Å². The van der Waals surface area contributed by atoms with Gasteiger partial charge in [0.2, 0.25) is 0 Å². The van der Waals surface area contributed by atoms with Crippen molar-refractivity contribution >= 4 is 23.4 Å². The van der Waals surface area contributed by atoms with Gasteiger partial charge in [-0.3, -0.25) is 4.68 Å². The van der Waals surface area contributed by atoms with Crippen molar-refractivity contribution in [2.24, 2.45) is 7.05 Å². The Balaban J connectivity index is 1.99. The molecule has 1 heterocycles. The zero-order valence-corrected chi connectivity index (χ0v) is 14.0. The Hall–Kier alpha value is -2.21. The zero-order chi connectivity index (χ0) is 16.8. The Labute approximate surface area is 139 Å². The number of hydrogen-bond acceptors (Lipinski definition) is 4. The Morgan fingerprint density at radius 2 is 2.00 bits per heavy atom. The summed E-state index contributed by atoms with van der Waals surface area (Å²) >= 11 is 6.26. The van der Waals surface area contributed by atoms with E-state index in [1.807, 2.05) is 36.2 Å². The number of carboxylic acids is 1. The number of rotatable bonds is 5. The molecule has 1 aromatic heterocycles. The molecule has 0 aliphatic heterocycles. The van der Waals surface area contributed by atoms with Gasteiger partial charge in [-0.15, -0.1) is 0 Å². The molecule has 0 unspecified atom stereocenters. The second-order valence-corrected chi connectivity index (χ2v) is 6.11. The summed E-state index contributed by atoms with van der Waals surface area (Å²) in [7, 11) is 5.26. The van der Waals surface area contributed by atoms with Gasteiger partial charge in [0, 0.05) is 14.1 Å². The molecule has 0 bridgehead atoms. The minimum absolute atomic E-state index is 0.124. The second kappa shape index (κ2) is 5.45. The number of hydrogen-bond donors (Lipinski definition) is 1. The first kappa shape index (κ1) is 15.7. The third-order valence-corrected chi connectivity index (χ3v) is 4.82. The van der Waals surface area contributed by atoms with Gasteiger partial charge in [0.25, 0.3) is 0 Å². The Morgan fingerprint density at radius 3 is 2.43 bits per heavy atom. The van der Waals surface area contributed by atoms with E-state index in [2.05, 4.69) is 5.10 Å². The molecule has 0 saturated heterocycles. The Morgan fingerprint density at radius 1 is 1.39 bits per heavy atom. The lowest BCUT2D eigenvalue weighted by Crippen LogP contribution is -2.33. The minimum atomic E-state index is -1.13. The van der Waals surface area contributed by atoms with Crippen LogP contribution in [0.25, 0.3) is 0 Å². The number of benzene rings is 1. The van der Waals surface area contributed by atoms with Gasteiger partial charge in [-0.25, -0.2) is 4.79 Å². The summed E-state index contributed by atoms with van der Waals surface area (Å²) in [6.45, 7) is 0. The van der Waals surface area contributed by atoms with Crippen molar-refractivity contribution < 1.29 is 14.6 Å². The molecule has 1 fully saturated rings. The van der Waals surface area contributed by atoms with Crippen molar-refractivity contribution in [1.82, 2.24) is 9.78 Å². The summed E-state index contributed by atoms with van der Waals surface area (Å²) in [4.78, 5) is 13.2. The largest absolute Gasteiger partial charge is 0.497 e. The molecule has 23 heavy (non-hydrogen) atoms. The summed E-state index contributed by atoms with van der Waals surface area (Å²) in [6.07, 6.45) is 1.94. The van der Waals surface area contributed by atoms with Crippen LogP contribution < -0.4 is 9.64 Å². The SMILES string of the molecule is COc1ccc(C2(N(C)c3c(Cl)c(C(=O)O)nn3C)CC2)cc1. The maximum atomic E-state index is 11.2. The third-order valence-electron chi connectivity index (χ3n) is 4.47. The lowest BCUT2D eigenvalue weighted by Gasteiger charge is -2.30. The summed E-state index contributed by atoms with van der Waals surface area (Å²) in [5, 5.41) is 13.4. The molecule has 3 rings (SSSR count). The van der Waals surface area contributed by atoms with E-state index in [0.29, 0.717) is 5.82 Å². The number of aromatic nitrogens is 2. The van der Waals surface area contributed by atoms with E-state index in [1.54, 1.807) is 14.2 Å². The fourth-order valence-electron chi connectivity index (χ4n) is 3.03. The summed E-state index contributed by atoms with van der Waals surface area (Å²) in [5.74, 6) is 0.288. The molecule has 1 N–H and O–H groups in total. The summed E-state index contributed by atoms with van der Waals surface area (Å²) < 4.78 is 6.72. The first-order chi connectivity index (χ1) is 10.9. The van der Waals surface area contributed by atoms with E-state index in [1.165, 1.54) is 4.68 Å². The minimum Gasteiger partial charge on any atom is -0.497 e. The number of methoxy groups -OCH3 is 1. The van der Waals surface area contributed by atoms with Crippen LogP contribution in [0.3, 0.4) is 0 Å². The fourth-order valence-corrected chi connectivity index (χ4v) is 3.40. The van der Waals surface area contributed by atoms with Crippen LogP contribution in [-0.2, 0) is 12.6 Å². The highest BCUT2D eigenvalue weighted by molar-refractivity contribution is 6.35. The van der Waals surface area contributed by atoms with E-state index in [4.69, 9.17) is 16.3 Å². The number of halogens is 1. The molecule has 122 valence electrons. The summed E-state index contributed by atoms with van der Waals surface area (Å²) in [6, 6.07) is 7.92. The first-order valence-corrected chi connectivity index (χ1v) is 7.62. The molecule has 0 amide bonds. The molecule has 7 heteroatoms. The topological polar surface area (TPSA) is 67.6 Å². The second-order valence-electron chi connectivity index (χ2n) is 5.73. The van der Waals surface area contributed by atoms with Gasteiger partial charge in [0.05, 0.1) is 12.6 Å². The summed E-state index contributed by atoms with van der Waals surface area (Å²) in [5.41, 5.74) is 0.843. The number of nitrogens with zero attached hydrogens (tertiary/aromatic N) is 3. The molecule has 0 radical (unpaired) electrons. The first-order valence-electron chi connectivity index (χ1n) is 7.25. The number of aryl methyl sites for hydroxylation is 1. The molecule has 1 aliphatic carbocycles. The molecular formula is C16H18ClN3O3. The van der Waals surface area contributed by atoms with Crippen molar-refractivity contribution in [3.63, 3.8) is 0 Å². The maximum absolute atomic E-state index is 11.2. The van der Waals surface area contributed by atoms with Gasteiger partial charge in [0.15, 0.2) is 5.69 Å². The fraction of sp³-hybridized carbons (Fsp3) is 0.375. The van der Waals surface area contributed by atoms with Crippen molar-refractivity contribution in [3.8, 4) is 5.75 Å². The number of aromatic carboxylic acids is 1. The third kappa shape index (κ3) is 2.43. The van der Waals surface area contributed by atoms with E-state index in [9.17, 15) is 9.90 Å². The highest BCUT2D eigenvalue weighted by Gasteiger charge is 2.49. The number of carbonyl (C=O) groups is 1. The van der Waals surface area contributed by atoms with Crippen LogP contribution in [-0.4, -0.2) is 35.0 Å². The van der Waals surface area contributed by atoms with E-state index < -0.39 is 5.97 Å². The highest BCUT2D eigenvalue weighted by atomic mass is 35.5. The quantitative estimate of drug-likeness (QED) is 0.910. The van der Waals surface area contributed by atoms with Crippen LogP contribution in [0.1, 0.15) is 28.9 Å². The lowest BCUT2D eigenvalue weighted by molar-refractivity contribution is 0.0690. The predicted octanol–water partition coefficient (Wildman–Crippen LogP) is 2.91. The van der Waals surface area contributed by atoms with Gasteiger partial charge in [-0.2, -0.15) is 5.10 Å². The molecule has 6 nitrogen and oxygen atoms in total. The van der Waals surface area contributed by atoms with E-state index in [-0.39, 0.29) is 16.3 Å². The predicted molar refractivity (Wildman–Crippen MR) is 87.5 cm³/mol. The Kier molecular flexibility index (Phi) is 3.72. The zero-order valence-electron chi connectivity index (χ0n) is 13.2. The number of ether oxygens (including phenoxy) is 1. The van der Waals surface area contributed by atoms with Gasteiger partial charge < -0.3 is 14.7 Å².